The van der Waals surface area contributed by atoms with E-state index in [2.05, 4.69) is 4.52 Å². The second-order valence-electron chi connectivity index (χ2n) is 2.68. The Morgan fingerprint density at radius 2 is 2.00 bits per heavy atom. The lowest BCUT2D eigenvalue weighted by atomic mass is 10.2. The number of hydrogen-bond acceptors (Lipinski definition) is 2. The minimum Gasteiger partial charge on any atom is -0.403 e. The molecule has 1 aromatic carbocycles. The smallest absolute Gasteiger partial charge is 0.403 e. The zero-order chi connectivity index (χ0) is 12.3. The molecular formula is C8H6Cl3O4P. The fraction of sp³-hybridized carbons (Fsp3) is 0. The van der Waals surface area contributed by atoms with Crippen molar-refractivity contribution in [3.05, 3.63) is 39.3 Å². The molecule has 1 aromatic rings. The first-order valence-electron chi connectivity index (χ1n) is 3.84. The van der Waals surface area contributed by atoms with Crippen LogP contribution in [0.5, 0.6) is 0 Å². The van der Waals surface area contributed by atoms with Crippen LogP contribution in [-0.2, 0) is 9.09 Å². The number of benzene rings is 1. The van der Waals surface area contributed by atoms with Crippen LogP contribution in [0, 0.1) is 0 Å². The van der Waals surface area contributed by atoms with Gasteiger partial charge in [-0.2, -0.15) is 0 Å². The van der Waals surface area contributed by atoms with Gasteiger partial charge in [0, 0.05) is 16.1 Å². The average Bonchev–Trinajstić information content (AvgIpc) is 2.13. The zero-order valence-corrected chi connectivity index (χ0v) is 10.8. The molecule has 2 N–H and O–H groups in total. The molecule has 0 aliphatic heterocycles. The molecule has 4 nitrogen and oxygen atoms in total. The molecule has 0 spiro atoms. The topological polar surface area (TPSA) is 66.8 Å². The Bertz CT molecular complexity index is 468. The molecule has 0 radical (unpaired) electrons. The zero-order valence-electron chi connectivity index (χ0n) is 7.60. The van der Waals surface area contributed by atoms with Gasteiger partial charge in [-0.3, -0.25) is 9.79 Å². The number of phosphoric ester groups is 1. The molecule has 0 aliphatic carbocycles. The quantitative estimate of drug-likeness (QED) is 0.661. The van der Waals surface area contributed by atoms with Crippen LogP contribution < -0.4 is 0 Å². The van der Waals surface area contributed by atoms with Gasteiger partial charge >= 0.3 is 7.82 Å². The highest BCUT2D eigenvalue weighted by Crippen LogP contribution is 2.43. The van der Waals surface area contributed by atoms with Crippen molar-refractivity contribution in [3.63, 3.8) is 0 Å². The molecule has 16 heavy (non-hydrogen) atoms. The molecule has 0 aliphatic rings. The van der Waals surface area contributed by atoms with Gasteiger partial charge in [0.1, 0.15) is 0 Å². The van der Waals surface area contributed by atoms with Crippen molar-refractivity contribution >= 4 is 48.4 Å². The highest BCUT2D eigenvalue weighted by molar-refractivity contribution is 7.46. The van der Waals surface area contributed by atoms with E-state index < -0.39 is 7.82 Å². The Hall–Kier alpha value is -0.220. The highest BCUT2D eigenvalue weighted by Gasteiger charge is 2.20. The summed E-state index contributed by atoms with van der Waals surface area (Å²) in [4.78, 5) is 17.3. The largest absolute Gasteiger partial charge is 0.524 e. The van der Waals surface area contributed by atoms with E-state index in [1.807, 2.05) is 0 Å². The molecule has 0 bridgehead atoms. The summed E-state index contributed by atoms with van der Waals surface area (Å²) in [5.41, 5.74) is 1.12. The van der Waals surface area contributed by atoms with Gasteiger partial charge in [0.25, 0.3) is 0 Å². The Kier molecular flexibility index (Phi) is 4.68. The standard InChI is InChI=1S/C8H6Cl3O4P/c9-4-8(15-16(12,13)14)6-2-1-5(10)3-7(6)11/h1-4H,(H2,12,13,14)/b8-4-. The van der Waals surface area contributed by atoms with Crippen molar-refractivity contribution in [2.24, 2.45) is 0 Å². The van der Waals surface area contributed by atoms with E-state index in [4.69, 9.17) is 44.6 Å². The van der Waals surface area contributed by atoms with Crippen LogP contribution in [-0.4, -0.2) is 9.79 Å². The molecule has 88 valence electrons. The van der Waals surface area contributed by atoms with E-state index in [9.17, 15) is 4.57 Å². The third-order valence-electron chi connectivity index (χ3n) is 1.51. The minimum atomic E-state index is -4.68. The van der Waals surface area contributed by atoms with E-state index in [0.29, 0.717) is 5.02 Å². The summed E-state index contributed by atoms with van der Waals surface area (Å²) in [7, 11) is -4.68. The van der Waals surface area contributed by atoms with Gasteiger partial charge in [-0.15, -0.1) is 0 Å². The van der Waals surface area contributed by atoms with Crippen LogP contribution in [0.4, 0.5) is 0 Å². The summed E-state index contributed by atoms with van der Waals surface area (Å²) in [5, 5.41) is 0.562. The van der Waals surface area contributed by atoms with E-state index in [1.54, 1.807) is 0 Å². The molecule has 0 saturated heterocycles. The Labute approximate surface area is 107 Å². The van der Waals surface area contributed by atoms with Gasteiger partial charge in [-0.1, -0.05) is 34.8 Å². The second kappa shape index (κ2) is 5.41. The normalized spacial score (nSPS) is 12.7. The van der Waals surface area contributed by atoms with E-state index in [0.717, 1.165) is 5.54 Å². The van der Waals surface area contributed by atoms with E-state index in [1.165, 1.54) is 18.2 Å². The van der Waals surface area contributed by atoms with Crippen LogP contribution in [0.25, 0.3) is 5.76 Å². The summed E-state index contributed by atoms with van der Waals surface area (Å²) in [6.45, 7) is 0. The maximum absolute atomic E-state index is 10.7. The Balaban J connectivity index is 3.11. The third-order valence-corrected chi connectivity index (χ3v) is 2.69. The summed E-state index contributed by atoms with van der Waals surface area (Å²) in [5.74, 6) is -0.225. The lowest BCUT2D eigenvalue weighted by Crippen LogP contribution is -1.91. The molecular weight excluding hydrogens is 297 g/mol. The lowest BCUT2D eigenvalue weighted by molar-refractivity contribution is 0.269. The summed E-state index contributed by atoms with van der Waals surface area (Å²) < 4.78 is 15.0. The number of phosphoric acid groups is 1. The highest BCUT2D eigenvalue weighted by atomic mass is 35.5. The molecule has 0 unspecified atom stereocenters. The maximum Gasteiger partial charge on any atom is 0.524 e. The molecule has 1 rings (SSSR count). The van der Waals surface area contributed by atoms with Crippen LogP contribution in [0.15, 0.2) is 23.7 Å². The molecule has 0 fully saturated rings. The van der Waals surface area contributed by atoms with Crippen molar-refractivity contribution in [2.75, 3.05) is 0 Å². The first-order chi connectivity index (χ1) is 7.33. The first kappa shape index (κ1) is 13.8. The molecule has 8 heteroatoms. The van der Waals surface area contributed by atoms with Gasteiger partial charge in [-0.25, -0.2) is 4.57 Å². The average molecular weight is 303 g/mol. The van der Waals surface area contributed by atoms with Gasteiger partial charge in [0.15, 0.2) is 5.76 Å². The van der Waals surface area contributed by atoms with Crippen molar-refractivity contribution in [1.29, 1.82) is 0 Å². The fourth-order valence-electron chi connectivity index (χ4n) is 0.945. The Morgan fingerprint density at radius 1 is 1.38 bits per heavy atom. The van der Waals surface area contributed by atoms with Crippen LogP contribution in [0.3, 0.4) is 0 Å². The molecule has 0 saturated carbocycles. The van der Waals surface area contributed by atoms with E-state index in [-0.39, 0.29) is 16.3 Å². The number of rotatable bonds is 3. The van der Waals surface area contributed by atoms with Crippen LogP contribution in [0.1, 0.15) is 5.56 Å². The lowest BCUT2D eigenvalue weighted by Gasteiger charge is -2.11. The van der Waals surface area contributed by atoms with Gasteiger partial charge in [-0.05, 0) is 18.2 Å². The predicted octanol–water partition coefficient (Wildman–Crippen LogP) is 3.64. The monoisotopic (exact) mass is 302 g/mol. The van der Waals surface area contributed by atoms with Crippen molar-refractivity contribution < 1.29 is 18.9 Å². The molecule has 0 amide bonds. The van der Waals surface area contributed by atoms with E-state index >= 15 is 0 Å². The predicted molar refractivity (Wildman–Crippen MR) is 63.4 cm³/mol. The maximum atomic E-state index is 10.7. The first-order valence-corrected chi connectivity index (χ1v) is 6.56. The molecule has 0 heterocycles. The fourth-order valence-corrected chi connectivity index (χ4v) is 2.08. The summed E-state index contributed by atoms with van der Waals surface area (Å²) in [6, 6.07) is 4.34. The summed E-state index contributed by atoms with van der Waals surface area (Å²) in [6.07, 6.45) is 0. The Morgan fingerprint density at radius 3 is 2.44 bits per heavy atom. The van der Waals surface area contributed by atoms with Crippen LogP contribution >= 0.6 is 42.6 Å². The second-order valence-corrected chi connectivity index (χ2v) is 4.90. The SMILES string of the molecule is O=P(O)(O)O/C(=C\Cl)c1ccc(Cl)cc1Cl. The third kappa shape index (κ3) is 3.98. The van der Waals surface area contributed by atoms with Gasteiger partial charge in [0.05, 0.1) is 5.02 Å². The molecule has 0 atom stereocenters. The van der Waals surface area contributed by atoms with Gasteiger partial charge in [0.2, 0.25) is 0 Å². The number of hydrogen-bond donors (Lipinski definition) is 2. The number of halogens is 3. The van der Waals surface area contributed by atoms with Gasteiger partial charge < -0.3 is 4.52 Å². The van der Waals surface area contributed by atoms with Crippen molar-refractivity contribution in [1.82, 2.24) is 0 Å². The summed E-state index contributed by atoms with van der Waals surface area (Å²) >= 11 is 16.9. The van der Waals surface area contributed by atoms with Crippen LogP contribution in [0.2, 0.25) is 10.0 Å². The minimum absolute atomic E-state index is 0.174. The van der Waals surface area contributed by atoms with Crippen molar-refractivity contribution in [3.8, 4) is 0 Å². The molecule has 0 aromatic heterocycles. The van der Waals surface area contributed by atoms with Crippen molar-refractivity contribution in [2.45, 2.75) is 0 Å².